The van der Waals surface area contributed by atoms with Crippen molar-refractivity contribution in [3.05, 3.63) is 29.8 Å². The molecule has 25 heavy (non-hydrogen) atoms. The van der Waals surface area contributed by atoms with Crippen LogP contribution in [-0.2, 0) is 9.47 Å². The SMILES string of the molecule is Nc1ccc(C(=O)CCCCOC2OC(CO)C(O)C(O)C2O)cc1. The summed E-state index contributed by atoms with van der Waals surface area (Å²) >= 11 is 0. The molecule has 8 heteroatoms. The van der Waals surface area contributed by atoms with Crippen LogP contribution in [0.5, 0.6) is 0 Å². The van der Waals surface area contributed by atoms with E-state index in [1.54, 1.807) is 24.3 Å². The summed E-state index contributed by atoms with van der Waals surface area (Å²) in [4.78, 5) is 12.0. The fourth-order valence-corrected chi connectivity index (χ4v) is 2.61. The highest BCUT2D eigenvalue weighted by Gasteiger charge is 2.43. The topological polar surface area (TPSA) is 142 Å². The van der Waals surface area contributed by atoms with E-state index in [1.807, 2.05) is 0 Å². The Hall–Kier alpha value is -1.55. The van der Waals surface area contributed by atoms with Crippen molar-refractivity contribution >= 4 is 11.5 Å². The largest absolute Gasteiger partial charge is 0.399 e. The van der Waals surface area contributed by atoms with Crippen molar-refractivity contribution in [3.8, 4) is 0 Å². The van der Waals surface area contributed by atoms with E-state index in [0.717, 1.165) is 0 Å². The van der Waals surface area contributed by atoms with Gasteiger partial charge in [-0.05, 0) is 37.1 Å². The van der Waals surface area contributed by atoms with Gasteiger partial charge in [0.05, 0.1) is 6.61 Å². The van der Waals surface area contributed by atoms with Gasteiger partial charge in [0.25, 0.3) is 0 Å². The molecule has 8 nitrogen and oxygen atoms in total. The third kappa shape index (κ3) is 5.21. The first kappa shape index (κ1) is 19.8. The molecule has 1 saturated heterocycles. The lowest BCUT2D eigenvalue weighted by Gasteiger charge is -2.39. The number of rotatable bonds is 8. The summed E-state index contributed by atoms with van der Waals surface area (Å²) in [5, 5.41) is 38.3. The van der Waals surface area contributed by atoms with Crippen LogP contribution in [0.2, 0.25) is 0 Å². The summed E-state index contributed by atoms with van der Waals surface area (Å²) in [5.41, 5.74) is 6.78. The lowest BCUT2D eigenvalue weighted by molar-refractivity contribution is -0.301. The molecule has 6 N–H and O–H groups in total. The predicted molar refractivity (Wildman–Crippen MR) is 88.8 cm³/mol. The summed E-state index contributed by atoms with van der Waals surface area (Å²) in [6.45, 7) is -0.293. The van der Waals surface area contributed by atoms with E-state index in [2.05, 4.69) is 0 Å². The lowest BCUT2D eigenvalue weighted by Crippen LogP contribution is -2.59. The van der Waals surface area contributed by atoms with E-state index >= 15 is 0 Å². The van der Waals surface area contributed by atoms with Gasteiger partial charge in [-0.25, -0.2) is 0 Å². The number of ether oxygens (including phenoxy) is 2. The van der Waals surface area contributed by atoms with Gasteiger partial charge in [-0.2, -0.15) is 0 Å². The van der Waals surface area contributed by atoms with Gasteiger partial charge in [-0.3, -0.25) is 4.79 Å². The van der Waals surface area contributed by atoms with E-state index < -0.39 is 37.3 Å². The molecular weight excluding hydrogens is 330 g/mol. The summed E-state index contributed by atoms with van der Waals surface area (Å²) < 4.78 is 10.6. The molecule has 0 saturated carbocycles. The maximum absolute atomic E-state index is 12.0. The van der Waals surface area contributed by atoms with Crippen LogP contribution >= 0.6 is 0 Å². The van der Waals surface area contributed by atoms with Gasteiger partial charge >= 0.3 is 0 Å². The van der Waals surface area contributed by atoms with Crippen molar-refractivity contribution in [3.63, 3.8) is 0 Å². The average Bonchev–Trinajstić information content (AvgIpc) is 2.61. The second kappa shape index (κ2) is 9.23. The van der Waals surface area contributed by atoms with Crippen LogP contribution in [0.4, 0.5) is 5.69 Å². The highest BCUT2D eigenvalue weighted by Crippen LogP contribution is 2.22. The first-order chi connectivity index (χ1) is 11.9. The van der Waals surface area contributed by atoms with E-state index in [0.29, 0.717) is 30.5 Å². The number of ketones is 1. The number of carbonyl (C=O) groups is 1. The first-order valence-corrected chi connectivity index (χ1v) is 8.25. The van der Waals surface area contributed by atoms with Crippen LogP contribution in [0.15, 0.2) is 24.3 Å². The molecule has 0 amide bonds. The number of nitrogens with two attached hydrogens (primary N) is 1. The second-order valence-electron chi connectivity index (χ2n) is 6.07. The molecule has 2 rings (SSSR count). The molecule has 1 aromatic carbocycles. The zero-order valence-corrected chi connectivity index (χ0v) is 13.8. The van der Waals surface area contributed by atoms with Crippen LogP contribution in [0.1, 0.15) is 29.6 Å². The minimum absolute atomic E-state index is 0.00726. The summed E-state index contributed by atoms with van der Waals surface area (Å²) in [6.07, 6.45) is -4.91. The molecule has 0 radical (unpaired) electrons. The van der Waals surface area contributed by atoms with Gasteiger partial charge in [0.15, 0.2) is 12.1 Å². The van der Waals surface area contributed by atoms with Crippen molar-refractivity contribution in [2.75, 3.05) is 18.9 Å². The average molecular weight is 355 g/mol. The molecule has 1 fully saturated rings. The van der Waals surface area contributed by atoms with Gasteiger partial charge in [0.2, 0.25) is 0 Å². The van der Waals surface area contributed by atoms with E-state index in [9.17, 15) is 20.1 Å². The predicted octanol–water partition coefficient (Wildman–Crippen LogP) is -0.562. The number of hydrogen-bond donors (Lipinski definition) is 5. The Morgan fingerprint density at radius 3 is 2.40 bits per heavy atom. The number of anilines is 1. The number of aliphatic hydroxyl groups is 4. The van der Waals surface area contributed by atoms with Crippen molar-refractivity contribution in [1.29, 1.82) is 0 Å². The van der Waals surface area contributed by atoms with Gasteiger partial charge in [-0.15, -0.1) is 0 Å². The molecular formula is C17H25NO7. The van der Waals surface area contributed by atoms with E-state index in [1.165, 1.54) is 0 Å². The van der Waals surface area contributed by atoms with Crippen molar-refractivity contribution in [2.24, 2.45) is 0 Å². The zero-order valence-electron chi connectivity index (χ0n) is 13.8. The minimum Gasteiger partial charge on any atom is -0.399 e. The fraction of sp³-hybridized carbons (Fsp3) is 0.588. The van der Waals surface area contributed by atoms with Crippen molar-refractivity contribution in [2.45, 2.75) is 50.0 Å². The zero-order chi connectivity index (χ0) is 18.4. The monoisotopic (exact) mass is 355 g/mol. The number of Topliss-reactive ketones (excluding diaryl/α,β-unsaturated/α-hetero) is 1. The molecule has 0 aromatic heterocycles. The molecule has 5 unspecified atom stereocenters. The molecule has 0 bridgehead atoms. The van der Waals surface area contributed by atoms with Crippen LogP contribution in [0.3, 0.4) is 0 Å². The lowest BCUT2D eigenvalue weighted by atomic mass is 9.99. The normalized spacial score (nSPS) is 29.5. The van der Waals surface area contributed by atoms with Crippen molar-refractivity contribution in [1.82, 2.24) is 0 Å². The Bertz CT molecular complexity index is 548. The highest BCUT2D eigenvalue weighted by atomic mass is 16.7. The Labute approximate surface area is 145 Å². The fourth-order valence-electron chi connectivity index (χ4n) is 2.61. The third-order valence-corrected chi connectivity index (χ3v) is 4.16. The smallest absolute Gasteiger partial charge is 0.186 e. The van der Waals surface area contributed by atoms with E-state index in [-0.39, 0.29) is 12.4 Å². The molecule has 1 heterocycles. The Morgan fingerprint density at radius 2 is 1.76 bits per heavy atom. The van der Waals surface area contributed by atoms with E-state index in [4.69, 9.17) is 20.3 Å². The third-order valence-electron chi connectivity index (χ3n) is 4.16. The van der Waals surface area contributed by atoms with Gasteiger partial charge in [-0.1, -0.05) is 0 Å². The van der Waals surface area contributed by atoms with Crippen LogP contribution in [-0.4, -0.2) is 70.1 Å². The van der Waals surface area contributed by atoms with Crippen molar-refractivity contribution < 1.29 is 34.7 Å². The number of benzene rings is 1. The summed E-state index contributed by atoms with van der Waals surface area (Å²) in [5.74, 6) is 0.00726. The standard InChI is InChI=1S/C17H25NO7/c18-11-6-4-10(5-7-11)12(20)3-1-2-8-24-17-16(23)15(22)14(21)13(9-19)25-17/h4-7,13-17,19,21-23H,1-3,8-9,18H2. The molecule has 5 atom stereocenters. The van der Waals surface area contributed by atoms with Gasteiger partial charge in [0, 0.05) is 24.3 Å². The Kier molecular flexibility index (Phi) is 7.30. The summed E-state index contributed by atoms with van der Waals surface area (Å²) in [6, 6.07) is 6.72. The second-order valence-corrected chi connectivity index (χ2v) is 6.07. The number of hydrogen-bond acceptors (Lipinski definition) is 8. The molecule has 140 valence electrons. The molecule has 0 aliphatic carbocycles. The highest BCUT2D eigenvalue weighted by molar-refractivity contribution is 5.96. The molecule has 1 aromatic rings. The van der Waals surface area contributed by atoms with Crippen LogP contribution in [0, 0.1) is 0 Å². The quantitative estimate of drug-likeness (QED) is 0.237. The number of unbranched alkanes of at least 4 members (excludes halogenated alkanes) is 1. The van der Waals surface area contributed by atoms with Gasteiger partial charge in [0.1, 0.15) is 24.4 Å². The first-order valence-electron chi connectivity index (χ1n) is 8.25. The maximum atomic E-state index is 12.0. The maximum Gasteiger partial charge on any atom is 0.186 e. The number of aliphatic hydroxyl groups excluding tert-OH is 4. The van der Waals surface area contributed by atoms with Crippen LogP contribution in [0.25, 0.3) is 0 Å². The molecule has 1 aliphatic rings. The Balaban J connectivity index is 1.70. The Morgan fingerprint density at radius 1 is 1.08 bits per heavy atom. The minimum atomic E-state index is -1.46. The van der Waals surface area contributed by atoms with Gasteiger partial charge < -0.3 is 35.6 Å². The van der Waals surface area contributed by atoms with Crippen LogP contribution < -0.4 is 5.73 Å². The molecule has 0 spiro atoms. The molecule has 1 aliphatic heterocycles. The number of nitrogen functional groups attached to an aromatic ring is 1. The summed E-state index contributed by atoms with van der Waals surface area (Å²) in [7, 11) is 0. The number of carbonyl (C=O) groups excluding carboxylic acids is 1.